The molecule has 0 bridgehead atoms. The molecule has 4 aromatic carbocycles. The Labute approximate surface area is 242 Å². The van der Waals surface area contributed by atoms with Gasteiger partial charge >= 0.3 is 0 Å². The lowest BCUT2D eigenvalue weighted by molar-refractivity contribution is 0.267. The number of ether oxygens (including phenoxy) is 2. The van der Waals surface area contributed by atoms with Gasteiger partial charge in [0.05, 0.1) is 22.8 Å². The number of allylic oxidation sites excluding steroid dienone is 2. The zero-order chi connectivity index (χ0) is 27.5. The summed E-state index contributed by atoms with van der Waals surface area (Å²) in [5, 5.41) is 3.79. The van der Waals surface area contributed by atoms with Crippen molar-refractivity contribution in [1.82, 2.24) is 0 Å². The van der Waals surface area contributed by atoms with Gasteiger partial charge in [-0.15, -0.1) is 0 Å². The first-order chi connectivity index (χ1) is 19.6. The number of aliphatic imine (C=N–C) groups is 1. The molecule has 1 heterocycles. The molecule has 4 nitrogen and oxygen atoms in total. The fourth-order valence-corrected chi connectivity index (χ4v) is 6.17. The van der Waals surface area contributed by atoms with Crippen LogP contribution in [0.4, 0.5) is 15.8 Å². The van der Waals surface area contributed by atoms with E-state index in [1.165, 1.54) is 28.9 Å². The molecule has 0 fully saturated rings. The Morgan fingerprint density at radius 1 is 1.00 bits per heavy atom. The number of rotatable bonds is 8. The fraction of sp³-hybridized carbons (Fsp3) is 0.206. The highest BCUT2D eigenvalue weighted by Crippen LogP contribution is 2.49. The summed E-state index contributed by atoms with van der Waals surface area (Å²) < 4.78 is 25.9. The van der Waals surface area contributed by atoms with Crippen molar-refractivity contribution in [3.8, 4) is 11.5 Å². The van der Waals surface area contributed by atoms with E-state index in [9.17, 15) is 4.39 Å². The number of para-hydroxylation sites is 1. The van der Waals surface area contributed by atoms with Gasteiger partial charge in [-0.25, -0.2) is 4.39 Å². The van der Waals surface area contributed by atoms with E-state index in [1.807, 2.05) is 25.3 Å². The van der Waals surface area contributed by atoms with Crippen molar-refractivity contribution in [1.29, 1.82) is 0 Å². The Morgan fingerprint density at radius 3 is 2.60 bits per heavy atom. The van der Waals surface area contributed by atoms with Crippen molar-refractivity contribution in [3.63, 3.8) is 0 Å². The van der Waals surface area contributed by atoms with E-state index >= 15 is 0 Å². The van der Waals surface area contributed by atoms with E-state index in [4.69, 9.17) is 14.5 Å². The second-order valence-corrected chi connectivity index (χ2v) is 10.9. The lowest BCUT2D eigenvalue weighted by Crippen LogP contribution is -2.28. The van der Waals surface area contributed by atoms with Crippen LogP contribution in [0.5, 0.6) is 11.5 Å². The minimum Gasteiger partial charge on any atom is -0.490 e. The highest BCUT2D eigenvalue weighted by molar-refractivity contribution is 9.10. The average molecular weight is 598 g/mol. The third kappa shape index (κ3) is 5.54. The van der Waals surface area contributed by atoms with E-state index in [0.717, 1.165) is 27.7 Å². The molecule has 2 aliphatic rings. The molecule has 0 amide bonds. The normalized spacial score (nSPS) is 19.2. The number of fused-ring (bicyclic) bond motifs is 3. The first-order valence-corrected chi connectivity index (χ1v) is 14.4. The van der Waals surface area contributed by atoms with Gasteiger partial charge in [-0.3, -0.25) is 4.99 Å². The van der Waals surface area contributed by atoms with E-state index < -0.39 is 0 Å². The number of halogens is 2. The van der Waals surface area contributed by atoms with Crippen LogP contribution in [0.1, 0.15) is 47.6 Å². The standard InChI is InChI=1S/C34H30BrFN2O2/c1-2-39-32-19-23(18-30(35)34(32)40-21-22-10-14-25(36)15-11-22)20-37-26-16-12-24(13-17-26)33-29-8-5-7-27(29)28-6-3-4-9-31(28)38-33/h3-7,9-20,27,29,33,38H,2,8,21H2,1H3/t27-,29-,33+/m1/s1. The summed E-state index contributed by atoms with van der Waals surface area (Å²) in [7, 11) is 0. The van der Waals surface area contributed by atoms with Crippen LogP contribution in [0.25, 0.3) is 0 Å². The molecule has 6 heteroatoms. The first-order valence-electron chi connectivity index (χ1n) is 13.6. The van der Waals surface area contributed by atoms with Gasteiger partial charge in [-0.05, 0) is 99.9 Å². The molecule has 0 radical (unpaired) electrons. The summed E-state index contributed by atoms with van der Waals surface area (Å²) in [4.78, 5) is 4.73. The summed E-state index contributed by atoms with van der Waals surface area (Å²) in [6, 6.07) is 27.6. The molecule has 202 valence electrons. The average Bonchev–Trinajstić information content (AvgIpc) is 3.47. The van der Waals surface area contributed by atoms with Crippen molar-refractivity contribution < 1.29 is 13.9 Å². The molecule has 0 saturated carbocycles. The van der Waals surface area contributed by atoms with Crippen LogP contribution in [0.3, 0.4) is 0 Å². The Morgan fingerprint density at radius 2 is 1.80 bits per heavy atom. The smallest absolute Gasteiger partial charge is 0.175 e. The third-order valence-electron chi connectivity index (χ3n) is 7.52. The third-order valence-corrected chi connectivity index (χ3v) is 8.10. The Balaban J connectivity index is 1.17. The predicted molar refractivity (Wildman–Crippen MR) is 163 cm³/mol. The maximum Gasteiger partial charge on any atom is 0.175 e. The number of nitrogens with one attached hydrogen (secondary N) is 1. The molecule has 0 saturated heterocycles. The molecule has 0 unspecified atom stereocenters. The minimum atomic E-state index is -0.269. The van der Waals surface area contributed by atoms with E-state index in [0.29, 0.717) is 36.5 Å². The number of benzene rings is 4. The van der Waals surface area contributed by atoms with Gasteiger partial charge in [0, 0.05) is 17.8 Å². The monoisotopic (exact) mass is 596 g/mol. The van der Waals surface area contributed by atoms with Crippen LogP contribution in [0, 0.1) is 11.7 Å². The molecule has 3 atom stereocenters. The lowest BCUT2D eigenvalue weighted by atomic mass is 9.77. The summed E-state index contributed by atoms with van der Waals surface area (Å²) in [6.45, 7) is 2.74. The van der Waals surface area contributed by atoms with E-state index in [-0.39, 0.29) is 11.9 Å². The largest absolute Gasteiger partial charge is 0.490 e. The van der Waals surface area contributed by atoms with Gasteiger partial charge < -0.3 is 14.8 Å². The van der Waals surface area contributed by atoms with Crippen LogP contribution in [0.2, 0.25) is 0 Å². The summed E-state index contributed by atoms with van der Waals surface area (Å²) in [5.74, 6) is 1.94. The van der Waals surface area contributed by atoms with Crippen LogP contribution >= 0.6 is 15.9 Å². The topological polar surface area (TPSA) is 42.8 Å². The number of hydrogen-bond donors (Lipinski definition) is 1. The molecule has 1 aliphatic heterocycles. The maximum atomic E-state index is 13.2. The minimum absolute atomic E-state index is 0.264. The summed E-state index contributed by atoms with van der Waals surface area (Å²) in [5.41, 5.74) is 6.53. The van der Waals surface area contributed by atoms with E-state index in [1.54, 1.807) is 12.1 Å². The molecule has 4 aromatic rings. The number of hydrogen-bond acceptors (Lipinski definition) is 4. The van der Waals surface area contributed by atoms with Gasteiger partial charge in [0.1, 0.15) is 12.4 Å². The van der Waals surface area contributed by atoms with Gasteiger partial charge in [-0.2, -0.15) is 0 Å². The summed E-state index contributed by atoms with van der Waals surface area (Å²) >= 11 is 3.63. The second-order valence-electron chi connectivity index (χ2n) is 10.1. The van der Waals surface area contributed by atoms with E-state index in [2.05, 4.69) is 81.9 Å². The first kappa shape index (κ1) is 26.3. The zero-order valence-electron chi connectivity index (χ0n) is 22.2. The Bertz CT molecular complexity index is 1550. The van der Waals surface area contributed by atoms with Crippen molar-refractivity contribution in [2.24, 2.45) is 10.9 Å². The molecule has 1 N–H and O–H groups in total. The van der Waals surface area contributed by atoms with Crippen molar-refractivity contribution in [2.45, 2.75) is 31.9 Å². The molecule has 6 rings (SSSR count). The Kier molecular flexibility index (Phi) is 7.69. The zero-order valence-corrected chi connectivity index (χ0v) is 23.8. The van der Waals surface area contributed by atoms with Crippen molar-refractivity contribution in [3.05, 3.63) is 130 Å². The molecule has 40 heavy (non-hydrogen) atoms. The van der Waals surface area contributed by atoms with Crippen molar-refractivity contribution in [2.75, 3.05) is 11.9 Å². The maximum absolute atomic E-state index is 13.2. The van der Waals surface area contributed by atoms with Crippen LogP contribution in [0.15, 0.2) is 107 Å². The van der Waals surface area contributed by atoms with Gasteiger partial charge in [0.25, 0.3) is 0 Å². The lowest BCUT2D eigenvalue weighted by Gasteiger charge is -2.37. The Hall–Kier alpha value is -3.90. The fourth-order valence-electron chi connectivity index (χ4n) is 5.59. The quantitative estimate of drug-likeness (QED) is 0.163. The van der Waals surface area contributed by atoms with Gasteiger partial charge in [0.2, 0.25) is 0 Å². The summed E-state index contributed by atoms with van der Waals surface area (Å²) in [6.07, 6.45) is 7.59. The molecular weight excluding hydrogens is 567 g/mol. The highest BCUT2D eigenvalue weighted by atomic mass is 79.9. The number of anilines is 1. The molecule has 0 spiro atoms. The van der Waals surface area contributed by atoms with Gasteiger partial charge in [-0.1, -0.05) is 54.6 Å². The van der Waals surface area contributed by atoms with Crippen LogP contribution in [-0.2, 0) is 6.61 Å². The van der Waals surface area contributed by atoms with Crippen molar-refractivity contribution >= 4 is 33.5 Å². The van der Waals surface area contributed by atoms with Crippen LogP contribution in [-0.4, -0.2) is 12.8 Å². The SMILES string of the molecule is CCOc1cc(C=Nc2ccc([C@@H]3Nc4ccccc4[C@H]4C=CC[C@H]43)cc2)cc(Br)c1OCc1ccc(F)cc1. The van der Waals surface area contributed by atoms with Gasteiger partial charge in [0.15, 0.2) is 11.5 Å². The molecule has 0 aromatic heterocycles. The molecule has 1 aliphatic carbocycles. The number of nitrogens with zero attached hydrogens (tertiary/aromatic N) is 1. The molecular formula is C34H30BrFN2O2. The van der Waals surface area contributed by atoms with Crippen LogP contribution < -0.4 is 14.8 Å². The highest BCUT2D eigenvalue weighted by Gasteiger charge is 2.37. The predicted octanol–water partition coefficient (Wildman–Crippen LogP) is 9.14. The second kappa shape index (κ2) is 11.7.